The first-order valence-corrected chi connectivity index (χ1v) is 10.9. The average Bonchev–Trinajstić information content (AvgIpc) is 2.99. The van der Waals surface area contributed by atoms with E-state index in [9.17, 15) is 21.6 Å². The predicted octanol–water partition coefficient (Wildman–Crippen LogP) is 5.48. The summed E-state index contributed by atoms with van der Waals surface area (Å²) in [5.41, 5.74) is -0.0691. The van der Waals surface area contributed by atoms with E-state index in [0.29, 0.717) is 5.69 Å². The number of alkyl halides is 4. The van der Waals surface area contributed by atoms with Crippen LogP contribution in [0.3, 0.4) is 0 Å². The fourth-order valence-electron chi connectivity index (χ4n) is 2.90. The molecule has 0 N–H and O–H groups in total. The molecule has 0 aliphatic heterocycles. The minimum absolute atomic E-state index is 0.0690. The van der Waals surface area contributed by atoms with Gasteiger partial charge in [0.05, 0.1) is 16.6 Å². The summed E-state index contributed by atoms with van der Waals surface area (Å²) in [5.74, 6) is 0. The van der Waals surface area contributed by atoms with Gasteiger partial charge in [-0.15, -0.1) is 0 Å². The zero-order valence-electron chi connectivity index (χ0n) is 15.4. The molecule has 1 aromatic carbocycles. The van der Waals surface area contributed by atoms with Crippen molar-refractivity contribution in [1.29, 1.82) is 0 Å². The van der Waals surface area contributed by atoms with E-state index >= 15 is 0 Å². The summed E-state index contributed by atoms with van der Waals surface area (Å²) in [7, 11) is -4.03. The number of halogens is 4. The van der Waals surface area contributed by atoms with Gasteiger partial charge in [-0.2, -0.15) is 13.2 Å². The molecule has 2 heterocycles. The van der Waals surface area contributed by atoms with Crippen molar-refractivity contribution in [2.45, 2.75) is 42.6 Å². The second-order valence-electron chi connectivity index (χ2n) is 7.44. The fourth-order valence-corrected chi connectivity index (χ4v) is 5.06. The standard InChI is InChI=1S/C19H18BrF3N2O2S/c1-18(2,3)13-5-4-6-15(9-13)28(26,27)25-14(10-20)7-12-8-17(19(21,22)23)24-11-16(12)25/h4-9,11H,10H2,1-3H3. The van der Waals surface area contributed by atoms with E-state index in [1.165, 1.54) is 12.1 Å². The van der Waals surface area contributed by atoms with Gasteiger partial charge in [-0.1, -0.05) is 48.8 Å². The lowest BCUT2D eigenvalue weighted by atomic mass is 9.87. The normalized spacial score (nSPS) is 13.2. The van der Waals surface area contributed by atoms with Gasteiger partial charge in [0.2, 0.25) is 0 Å². The van der Waals surface area contributed by atoms with Gasteiger partial charge in [0.25, 0.3) is 10.0 Å². The summed E-state index contributed by atoms with van der Waals surface area (Å²) in [4.78, 5) is 3.49. The molecule has 4 nitrogen and oxygen atoms in total. The molecule has 0 atom stereocenters. The molecular formula is C19H18BrF3N2O2S. The number of pyridine rings is 1. The van der Waals surface area contributed by atoms with Crippen LogP contribution in [-0.2, 0) is 26.9 Å². The van der Waals surface area contributed by atoms with Gasteiger partial charge in [0, 0.05) is 16.4 Å². The molecule has 0 saturated carbocycles. The first-order valence-electron chi connectivity index (χ1n) is 8.35. The summed E-state index contributed by atoms with van der Waals surface area (Å²) in [5, 5.41) is 0.314. The Bertz CT molecular complexity index is 1150. The smallest absolute Gasteiger partial charge is 0.250 e. The van der Waals surface area contributed by atoms with Gasteiger partial charge in [-0.05, 0) is 35.2 Å². The molecule has 9 heteroatoms. The van der Waals surface area contributed by atoms with Crippen LogP contribution in [0.2, 0.25) is 0 Å². The van der Waals surface area contributed by atoms with Crippen molar-refractivity contribution < 1.29 is 21.6 Å². The highest BCUT2D eigenvalue weighted by atomic mass is 79.9. The molecule has 3 aromatic rings. The predicted molar refractivity (Wildman–Crippen MR) is 105 cm³/mol. The van der Waals surface area contributed by atoms with Gasteiger partial charge >= 0.3 is 6.18 Å². The largest absolute Gasteiger partial charge is 0.433 e. The number of aromatic nitrogens is 2. The van der Waals surface area contributed by atoms with Crippen LogP contribution >= 0.6 is 15.9 Å². The minimum Gasteiger partial charge on any atom is -0.250 e. The Morgan fingerprint density at radius 1 is 1.11 bits per heavy atom. The Morgan fingerprint density at radius 3 is 2.36 bits per heavy atom. The highest BCUT2D eigenvalue weighted by molar-refractivity contribution is 9.08. The van der Waals surface area contributed by atoms with Gasteiger partial charge in [-0.25, -0.2) is 17.4 Å². The third-order valence-corrected chi connectivity index (χ3v) is 6.72. The molecule has 0 fully saturated rings. The van der Waals surface area contributed by atoms with E-state index in [-0.39, 0.29) is 26.5 Å². The molecule has 2 aromatic heterocycles. The molecule has 0 aliphatic carbocycles. The van der Waals surface area contributed by atoms with Crippen molar-refractivity contribution in [2.75, 3.05) is 0 Å². The molecule has 150 valence electrons. The molecule has 0 radical (unpaired) electrons. The third kappa shape index (κ3) is 3.69. The van der Waals surface area contributed by atoms with Gasteiger partial charge < -0.3 is 0 Å². The quantitative estimate of drug-likeness (QED) is 0.472. The Kier molecular flexibility index (Phi) is 5.12. The highest BCUT2D eigenvalue weighted by Gasteiger charge is 2.33. The number of hydrogen-bond donors (Lipinski definition) is 0. The van der Waals surface area contributed by atoms with Gasteiger partial charge in [0.15, 0.2) is 0 Å². The van der Waals surface area contributed by atoms with E-state index in [0.717, 1.165) is 21.8 Å². The SMILES string of the molecule is CC(C)(C)c1cccc(S(=O)(=O)n2c(CBr)cc3cc(C(F)(F)F)ncc32)c1. The highest BCUT2D eigenvalue weighted by Crippen LogP contribution is 2.33. The van der Waals surface area contributed by atoms with E-state index in [2.05, 4.69) is 20.9 Å². The minimum atomic E-state index is -4.61. The Balaban J connectivity index is 2.25. The molecule has 3 rings (SSSR count). The maximum Gasteiger partial charge on any atom is 0.433 e. The van der Waals surface area contributed by atoms with Crippen molar-refractivity contribution in [3.05, 3.63) is 59.5 Å². The van der Waals surface area contributed by atoms with E-state index in [4.69, 9.17) is 0 Å². The molecule has 0 aliphatic rings. The lowest BCUT2D eigenvalue weighted by Gasteiger charge is -2.20. The Hall–Kier alpha value is -1.87. The lowest BCUT2D eigenvalue weighted by Crippen LogP contribution is -2.17. The molecular weight excluding hydrogens is 457 g/mol. The van der Waals surface area contributed by atoms with E-state index < -0.39 is 21.9 Å². The van der Waals surface area contributed by atoms with Crippen molar-refractivity contribution in [2.24, 2.45) is 0 Å². The zero-order valence-corrected chi connectivity index (χ0v) is 17.8. The van der Waals surface area contributed by atoms with Crippen LogP contribution in [-0.4, -0.2) is 17.4 Å². The number of nitrogens with zero attached hydrogens (tertiary/aromatic N) is 2. The molecule has 28 heavy (non-hydrogen) atoms. The summed E-state index contributed by atoms with van der Waals surface area (Å²) in [6, 6.07) is 8.86. The fraction of sp³-hybridized carbons (Fsp3) is 0.316. The lowest BCUT2D eigenvalue weighted by molar-refractivity contribution is -0.141. The molecule has 0 spiro atoms. The van der Waals surface area contributed by atoms with E-state index in [1.807, 2.05) is 26.8 Å². The second-order valence-corrected chi connectivity index (χ2v) is 9.79. The summed E-state index contributed by atoms with van der Waals surface area (Å²) >= 11 is 3.23. The van der Waals surface area contributed by atoms with Crippen LogP contribution in [0.1, 0.15) is 37.7 Å². The van der Waals surface area contributed by atoms with Crippen LogP contribution in [0, 0.1) is 0 Å². The Morgan fingerprint density at radius 2 is 1.79 bits per heavy atom. The van der Waals surface area contributed by atoms with Crippen LogP contribution in [0.5, 0.6) is 0 Å². The third-order valence-electron chi connectivity index (χ3n) is 4.38. The topological polar surface area (TPSA) is 52.0 Å². The number of benzene rings is 1. The number of fused-ring (bicyclic) bond motifs is 1. The summed E-state index contributed by atoms with van der Waals surface area (Å²) in [6.07, 6.45) is -3.65. The Labute approximate surface area is 169 Å². The zero-order chi connectivity index (χ0) is 20.9. The van der Waals surface area contributed by atoms with Crippen LogP contribution in [0.15, 0.2) is 47.5 Å². The van der Waals surface area contributed by atoms with Crippen LogP contribution in [0.4, 0.5) is 13.2 Å². The summed E-state index contributed by atoms with van der Waals surface area (Å²) in [6.45, 7) is 5.91. The van der Waals surface area contributed by atoms with Crippen molar-refractivity contribution in [3.8, 4) is 0 Å². The van der Waals surface area contributed by atoms with Crippen molar-refractivity contribution in [3.63, 3.8) is 0 Å². The van der Waals surface area contributed by atoms with Crippen molar-refractivity contribution in [1.82, 2.24) is 8.96 Å². The molecule has 0 saturated heterocycles. The average molecular weight is 475 g/mol. The molecule has 0 amide bonds. The molecule has 0 bridgehead atoms. The first kappa shape index (κ1) is 20.9. The number of rotatable bonds is 3. The maximum absolute atomic E-state index is 13.3. The first-order chi connectivity index (χ1) is 12.9. The number of hydrogen-bond acceptors (Lipinski definition) is 3. The molecule has 0 unspecified atom stereocenters. The van der Waals surface area contributed by atoms with Crippen LogP contribution < -0.4 is 0 Å². The van der Waals surface area contributed by atoms with Gasteiger partial charge in [0.1, 0.15) is 5.69 Å². The maximum atomic E-state index is 13.3. The second kappa shape index (κ2) is 6.88. The van der Waals surface area contributed by atoms with Gasteiger partial charge in [-0.3, -0.25) is 0 Å². The van der Waals surface area contributed by atoms with E-state index in [1.54, 1.807) is 12.1 Å². The van der Waals surface area contributed by atoms with Crippen LogP contribution in [0.25, 0.3) is 10.9 Å². The summed E-state index contributed by atoms with van der Waals surface area (Å²) < 4.78 is 66.6. The monoisotopic (exact) mass is 474 g/mol. The van der Waals surface area contributed by atoms with Crippen molar-refractivity contribution >= 4 is 36.9 Å².